The summed E-state index contributed by atoms with van der Waals surface area (Å²) in [6.45, 7) is 0. The van der Waals surface area contributed by atoms with Crippen molar-refractivity contribution in [2.75, 3.05) is 0 Å². The highest BCUT2D eigenvalue weighted by atomic mass is 16.3. The van der Waals surface area contributed by atoms with Gasteiger partial charge >= 0.3 is 0 Å². The Bertz CT molecular complexity index is 3090. The van der Waals surface area contributed by atoms with E-state index < -0.39 is 84.1 Å². The van der Waals surface area contributed by atoms with Crippen LogP contribution in [-0.2, 0) is 0 Å². The van der Waals surface area contributed by atoms with Crippen LogP contribution < -0.4 is 0 Å². The van der Waals surface area contributed by atoms with Gasteiger partial charge in [-0.25, -0.2) is 0 Å². The van der Waals surface area contributed by atoms with Gasteiger partial charge in [0.1, 0.15) is 11.2 Å². The second kappa shape index (κ2) is 8.55. The molecule has 0 radical (unpaired) electrons. The Morgan fingerprint density at radius 2 is 0.927 bits per heavy atom. The lowest BCUT2D eigenvalue weighted by Gasteiger charge is -2.17. The minimum Gasteiger partial charge on any atom is -0.455 e. The van der Waals surface area contributed by atoms with Gasteiger partial charge in [0, 0.05) is 16.2 Å². The van der Waals surface area contributed by atoms with Gasteiger partial charge in [-0.1, -0.05) is 133 Å². The fourth-order valence-corrected chi connectivity index (χ4v) is 6.10. The monoisotopic (exact) mass is 533 g/mol. The summed E-state index contributed by atoms with van der Waals surface area (Å²) in [5.74, 6) is 0. The quantitative estimate of drug-likeness (QED) is 0.159. The van der Waals surface area contributed by atoms with Crippen LogP contribution in [0, 0.1) is 0 Å². The van der Waals surface area contributed by atoms with E-state index in [1.807, 2.05) is 54.6 Å². The largest absolute Gasteiger partial charge is 0.455 e. The molecule has 0 saturated carbocycles. The summed E-state index contributed by atoms with van der Waals surface area (Å²) >= 11 is 0. The summed E-state index contributed by atoms with van der Waals surface area (Å²) in [6.07, 6.45) is 0. The van der Waals surface area contributed by atoms with Crippen LogP contribution in [0.15, 0.2) is 150 Å². The number of hydrogen-bond donors (Lipinski definition) is 0. The van der Waals surface area contributed by atoms with E-state index in [1.54, 1.807) is 12.1 Å². The third kappa shape index (κ3) is 3.18. The SMILES string of the molecule is [2H]c1c([2H])c([2H])c(-c2c3c([2H])c([2H])c([2H])c([2H])c3c(-c3ccc4c(c3)oc3c5ccccc5c5ccccc5c43)c3c([2H])c([2H])c([2H])c([2H])c23)c([2H])c1[2H]. The predicted octanol–water partition coefficient (Wildman–Crippen LogP) is 11.5. The van der Waals surface area contributed by atoms with Gasteiger partial charge in [-0.3, -0.25) is 0 Å². The van der Waals surface area contributed by atoms with E-state index in [4.69, 9.17) is 19.5 Å². The summed E-state index contributed by atoms with van der Waals surface area (Å²) in [6, 6.07) is 12.7. The summed E-state index contributed by atoms with van der Waals surface area (Å²) in [4.78, 5) is 0. The number of benzene rings is 8. The highest BCUT2D eigenvalue weighted by Gasteiger charge is 2.19. The number of fused-ring (bicyclic) bond motifs is 10. The van der Waals surface area contributed by atoms with Crippen molar-refractivity contribution < 1.29 is 22.2 Å². The smallest absolute Gasteiger partial charge is 0.143 e. The molecule has 1 aromatic heterocycles. The van der Waals surface area contributed by atoms with Crippen LogP contribution >= 0.6 is 0 Å². The zero-order valence-electron chi connectivity index (χ0n) is 34.3. The van der Waals surface area contributed by atoms with Crippen molar-refractivity contribution in [3.63, 3.8) is 0 Å². The molecule has 0 unspecified atom stereocenters. The molecule has 0 aliphatic rings. The van der Waals surface area contributed by atoms with E-state index in [9.17, 15) is 2.74 Å². The molecule has 0 bridgehead atoms. The van der Waals surface area contributed by atoms with Gasteiger partial charge in [0.05, 0.1) is 17.8 Å². The lowest BCUT2D eigenvalue weighted by Crippen LogP contribution is -1.90. The average Bonchev–Trinajstić information content (AvgIpc) is 3.58. The molecule has 1 heteroatoms. The van der Waals surface area contributed by atoms with Crippen molar-refractivity contribution in [2.45, 2.75) is 0 Å². The summed E-state index contributed by atoms with van der Waals surface area (Å²) in [5.41, 5.74) is 0.639. The van der Waals surface area contributed by atoms with Gasteiger partial charge in [-0.15, -0.1) is 0 Å². The van der Waals surface area contributed by atoms with E-state index in [2.05, 4.69) is 0 Å². The van der Waals surface area contributed by atoms with Crippen LogP contribution in [0.1, 0.15) is 17.8 Å². The molecule has 0 spiro atoms. The third-order valence-corrected chi connectivity index (χ3v) is 7.76. The van der Waals surface area contributed by atoms with Crippen molar-refractivity contribution in [2.24, 2.45) is 0 Å². The maximum Gasteiger partial charge on any atom is 0.143 e. The molecule has 0 amide bonds. The molecule has 8 aromatic carbocycles. The summed E-state index contributed by atoms with van der Waals surface area (Å²) in [5, 5.41) is 4.67. The van der Waals surface area contributed by atoms with Crippen LogP contribution in [0.3, 0.4) is 0 Å². The molecule has 41 heavy (non-hydrogen) atoms. The molecule has 1 heterocycles. The van der Waals surface area contributed by atoms with Crippen LogP contribution in [-0.4, -0.2) is 0 Å². The van der Waals surface area contributed by atoms with Crippen LogP contribution in [0.5, 0.6) is 0 Å². The normalized spacial score (nSPS) is 16.3. The van der Waals surface area contributed by atoms with Gasteiger partial charge in [-0.05, 0) is 72.1 Å². The van der Waals surface area contributed by atoms with Crippen LogP contribution in [0.4, 0.5) is 0 Å². The van der Waals surface area contributed by atoms with E-state index in [1.165, 1.54) is 0 Å². The molecule has 0 fully saturated rings. The first-order valence-electron chi connectivity index (χ1n) is 19.6. The zero-order chi connectivity index (χ0) is 38.2. The van der Waals surface area contributed by atoms with Crippen molar-refractivity contribution in [3.05, 3.63) is 145 Å². The highest BCUT2D eigenvalue weighted by Crippen LogP contribution is 2.46. The van der Waals surface area contributed by atoms with E-state index in [-0.39, 0.29) is 32.7 Å². The van der Waals surface area contributed by atoms with Crippen molar-refractivity contribution in [3.8, 4) is 22.3 Å². The molecule has 0 N–H and O–H groups in total. The second-order valence-corrected chi connectivity index (χ2v) is 9.86. The molecule has 9 aromatic rings. The summed E-state index contributed by atoms with van der Waals surface area (Å²) < 4.78 is 121. The zero-order valence-corrected chi connectivity index (χ0v) is 21.3. The average molecular weight is 534 g/mol. The standard InChI is InChI=1S/C40H24O/c1-2-12-25(13-3-1)37-30-17-7-9-19-32(30)38(33-20-10-8-18-31(33)37)26-22-23-35-36(24-26)41-40-34-21-11-5-15-28(34)27-14-4-6-16-29(27)39(35)40/h1-24H/i1D,2D,3D,7D,8D,9D,10D,12D,13D,17D,18D,19D,20D. The fraction of sp³-hybridized carbons (Fsp3) is 0. The van der Waals surface area contributed by atoms with Gasteiger partial charge in [0.2, 0.25) is 0 Å². The summed E-state index contributed by atoms with van der Waals surface area (Å²) in [7, 11) is 0. The Kier molecular flexibility index (Phi) is 2.77. The molecule has 190 valence electrons. The fourth-order valence-electron chi connectivity index (χ4n) is 6.10. The first-order chi connectivity index (χ1) is 25.8. The van der Waals surface area contributed by atoms with Gasteiger partial charge in [-0.2, -0.15) is 0 Å². The maximum atomic E-state index is 9.22. The lowest BCUT2D eigenvalue weighted by molar-refractivity contribution is 0.673. The number of rotatable bonds is 2. The van der Waals surface area contributed by atoms with E-state index >= 15 is 0 Å². The molecular weight excluding hydrogens is 496 g/mol. The van der Waals surface area contributed by atoms with Gasteiger partial charge < -0.3 is 4.42 Å². The number of furan rings is 1. The van der Waals surface area contributed by atoms with E-state index in [0.29, 0.717) is 16.7 Å². The molecule has 0 saturated heterocycles. The van der Waals surface area contributed by atoms with Crippen LogP contribution in [0.25, 0.3) is 87.3 Å². The first kappa shape index (κ1) is 13.3. The van der Waals surface area contributed by atoms with E-state index in [0.717, 1.165) is 32.3 Å². The Morgan fingerprint density at radius 1 is 0.415 bits per heavy atom. The molecule has 1 nitrogen and oxygen atoms in total. The Hall–Kier alpha value is -5.40. The van der Waals surface area contributed by atoms with Gasteiger partial charge in [0.25, 0.3) is 0 Å². The molecular formula is C40H24O. The molecule has 0 atom stereocenters. The highest BCUT2D eigenvalue weighted by molar-refractivity contribution is 6.30. The van der Waals surface area contributed by atoms with Crippen molar-refractivity contribution in [1.82, 2.24) is 0 Å². The minimum absolute atomic E-state index is 0.0483. The Labute approximate surface area is 255 Å². The molecule has 9 rings (SSSR count). The van der Waals surface area contributed by atoms with Crippen molar-refractivity contribution in [1.29, 1.82) is 0 Å². The molecule has 0 aliphatic carbocycles. The second-order valence-electron chi connectivity index (χ2n) is 9.86. The predicted molar refractivity (Wildman–Crippen MR) is 175 cm³/mol. The lowest BCUT2D eigenvalue weighted by atomic mass is 9.86. The van der Waals surface area contributed by atoms with Crippen LogP contribution in [0.2, 0.25) is 0 Å². The minimum atomic E-state index is -0.714. The topological polar surface area (TPSA) is 13.1 Å². The number of hydrogen-bond acceptors (Lipinski definition) is 1. The van der Waals surface area contributed by atoms with Crippen molar-refractivity contribution >= 4 is 65.0 Å². The third-order valence-electron chi connectivity index (χ3n) is 7.76. The molecule has 0 aliphatic heterocycles. The Morgan fingerprint density at radius 3 is 1.56 bits per heavy atom. The Balaban J connectivity index is 1.54. The maximum absolute atomic E-state index is 9.22. The first-order valence-corrected chi connectivity index (χ1v) is 13.1. The van der Waals surface area contributed by atoms with Gasteiger partial charge in [0.15, 0.2) is 0 Å².